The van der Waals surface area contributed by atoms with Gasteiger partial charge in [0.1, 0.15) is 0 Å². The Labute approximate surface area is 85.5 Å². The fourth-order valence-corrected chi connectivity index (χ4v) is 0. The standard InChI is InChI=1S/CH2O2S.2Na/c2-1(3)4;;/h(H2,2,3,4);;/q;2*+1. The second-order valence-corrected chi connectivity index (χ2v) is 0.658. The summed E-state index contributed by atoms with van der Waals surface area (Å²) in [6.07, 6.45) is 0. The average Bonchev–Trinajstić information content (AvgIpc) is 0.811. The van der Waals surface area contributed by atoms with Crippen LogP contribution >= 0.6 is 12.2 Å². The van der Waals surface area contributed by atoms with Crippen molar-refractivity contribution in [2.24, 2.45) is 0 Å². The van der Waals surface area contributed by atoms with Crippen molar-refractivity contribution in [2.45, 2.75) is 0 Å². The van der Waals surface area contributed by atoms with E-state index in [-0.39, 0.29) is 59.1 Å². The van der Waals surface area contributed by atoms with E-state index in [4.69, 9.17) is 10.2 Å². The van der Waals surface area contributed by atoms with Gasteiger partial charge in [-0.2, -0.15) is 0 Å². The minimum atomic E-state index is -1.000. The maximum absolute atomic E-state index is 8.93. The molecular weight excluding hydrogens is 122 g/mol. The molecule has 0 bridgehead atoms. The second-order valence-electron chi connectivity index (χ2n) is 0.287. The van der Waals surface area contributed by atoms with Crippen LogP contribution in [0.5, 0.6) is 0 Å². The van der Waals surface area contributed by atoms with Crippen molar-refractivity contribution >= 4 is 17.5 Å². The Kier molecular flexibility index (Phi) is 25.7. The van der Waals surface area contributed by atoms with Gasteiger partial charge in [0.25, 0.3) is 0 Å². The Balaban J connectivity index is -0.0000000450. The van der Waals surface area contributed by atoms with Crippen LogP contribution in [0.3, 0.4) is 0 Å². The molecule has 2 N–H and O–H groups in total. The van der Waals surface area contributed by atoms with Gasteiger partial charge in [0.2, 0.25) is 0 Å². The van der Waals surface area contributed by atoms with E-state index in [1.807, 2.05) is 0 Å². The fraction of sp³-hybridized carbons (Fsp3) is 0. The van der Waals surface area contributed by atoms with E-state index in [9.17, 15) is 0 Å². The van der Waals surface area contributed by atoms with Crippen LogP contribution in [0.2, 0.25) is 0 Å². The molecule has 5 heteroatoms. The molecule has 0 atom stereocenters. The smallest absolute Gasteiger partial charge is 0.608 e. The molecule has 0 unspecified atom stereocenters. The number of thiocarbonyl (C=S) groups is 1. The maximum Gasteiger partial charge on any atom is 1.00 e. The van der Waals surface area contributed by atoms with Crippen LogP contribution in [0.25, 0.3) is 0 Å². The van der Waals surface area contributed by atoms with Crippen LogP contribution in [0.15, 0.2) is 0 Å². The molecule has 0 heterocycles. The molecule has 6 heavy (non-hydrogen) atoms. The van der Waals surface area contributed by atoms with Gasteiger partial charge in [0, 0.05) is 12.2 Å². The van der Waals surface area contributed by atoms with E-state index >= 15 is 0 Å². The van der Waals surface area contributed by atoms with Crippen molar-refractivity contribution in [3.63, 3.8) is 0 Å². The summed E-state index contributed by atoms with van der Waals surface area (Å²) < 4.78 is 0. The quantitative estimate of drug-likeness (QED) is 0.183. The van der Waals surface area contributed by atoms with Gasteiger partial charge in [-0.25, -0.2) is 5.11 Å². The summed E-state index contributed by atoms with van der Waals surface area (Å²) in [7, 11) is 0. The Morgan fingerprint density at radius 3 is 1.50 bits per heavy atom. The molecule has 0 radical (unpaired) electrons. The molecule has 24 valence electrons. The molecule has 0 fully saturated rings. The Hall–Kier alpha value is 1.69. The second kappa shape index (κ2) is 9.85. The summed E-state index contributed by atoms with van der Waals surface area (Å²) in [5, 5.41) is 13.7. The van der Waals surface area contributed by atoms with E-state index in [0.29, 0.717) is 0 Å². The normalized spacial score (nSPS) is 4.00. The SMILES string of the molecule is [Na+].[Na+].[O-]C([OH2+])=S. The molecule has 0 aliphatic rings. The van der Waals surface area contributed by atoms with Gasteiger partial charge in [-0.3, -0.25) is 0 Å². The predicted molar refractivity (Wildman–Crippen MR) is 16.2 cm³/mol. The summed E-state index contributed by atoms with van der Waals surface area (Å²) in [5.74, 6) is 0. The van der Waals surface area contributed by atoms with E-state index < -0.39 is 5.24 Å². The zero-order chi connectivity index (χ0) is 3.58. The molecule has 0 aromatic heterocycles. The molecule has 0 spiro atoms. The zero-order valence-corrected chi connectivity index (χ0v) is 8.63. The first-order valence-corrected chi connectivity index (χ1v) is 1.07. The molecule has 2 nitrogen and oxygen atoms in total. The Morgan fingerprint density at radius 1 is 1.50 bits per heavy atom. The van der Waals surface area contributed by atoms with Crippen molar-refractivity contribution < 1.29 is 69.3 Å². The topological polar surface area (TPSA) is 46.0 Å². The van der Waals surface area contributed by atoms with E-state index in [0.717, 1.165) is 0 Å². The minimum absolute atomic E-state index is 0. The van der Waals surface area contributed by atoms with E-state index in [1.165, 1.54) is 0 Å². The van der Waals surface area contributed by atoms with E-state index in [2.05, 4.69) is 12.2 Å². The first-order valence-electron chi connectivity index (χ1n) is 0.658. The van der Waals surface area contributed by atoms with Crippen LogP contribution in [0.4, 0.5) is 0 Å². The first kappa shape index (κ1) is 15.6. The van der Waals surface area contributed by atoms with Crippen molar-refractivity contribution in [2.75, 3.05) is 0 Å². The van der Waals surface area contributed by atoms with E-state index in [1.54, 1.807) is 0 Å². The molecule has 0 rings (SSSR count). The Morgan fingerprint density at radius 2 is 1.50 bits per heavy atom. The molecular formula is CH2Na2O2S+2. The van der Waals surface area contributed by atoms with Crippen molar-refractivity contribution in [3.8, 4) is 0 Å². The number of hydrogen-bond donors (Lipinski definition) is 0. The molecule has 0 aromatic carbocycles. The molecule has 0 aromatic rings. The largest absolute Gasteiger partial charge is 1.00 e. The third-order valence-corrected chi connectivity index (χ3v) is 0. The summed E-state index contributed by atoms with van der Waals surface area (Å²) in [6.45, 7) is 0. The van der Waals surface area contributed by atoms with Crippen LogP contribution in [0.1, 0.15) is 0 Å². The van der Waals surface area contributed by atoms with Crippen LogP contribution in [-0.2, 0) is 0 Å². The third-order valence-electron chi connectivity index (χ3n) is 0. The molecule has 0 saturated heterocycles. The molecule has 0 saturated carbocycles. The monoisotopic (exact) mass is 124 g/mol. The van der Waals surface area contributed by atoms with Gasteiger partial charge in [-0.1, -0.05) is 0 Å². The summed E-state index contributed by atoms with van der Waals surface area (Å²) in [6, 6.07) is 0. The van der Waals surface area contributed by atoms with Crippen LogP contribution in [0, 0.1) is 0 Å². The van der Waals surface area contributed by atoms with Crippen molar-refractivity contribution in [1.29, 1.82) is 0 Å². The number of rotatable bonds is 0. The third kappa shape index (κ3) is 43.8. The minimum Gasteiger partial charge on any atom is -0.608 e. The molecule has 0 aliphatic heterocycles. The van der Waals surface area contributed by atoms with Gasteiger partial charge in [0.05, 0.1) is 0 Å². The van der Waals surface area contributed by atoms with Crippen molar-refractivity contribution in [3.05, 3.63) is 0 Å². The van der Waals surface area contributed by atoms with Gasteiger partial charge in [-0.15, -0.1) is 0 Å². The van der Waals surface area contributed by atoms with Gasteiger partial charge >= 0.3 is 64.4 Å². The maximum atomic E-state index is 8.93. The predicted octanol–water partition coefficient (Wildman–Crippen LogP) is -7.64. The molecule has 0 amide bonds. The van der Waals surface area contributed by atoms with Gasteiger partial charge in [0.15, 0.2) is 0 Å². The summed E-state index contributed by atoms with van der Waals surface area (Å²) >= 11 is 3.65. The number of hydrogen-bond acceptors (Lipinski definition) is 2. The fourth-order valence-electron chi connectivity index (χ4n) is 0. The van der Waals surface area contributed by atoms with Gasteiger partial charge in [-0.05, 0) is 0 Å². The Bertz CT molecular complexity index is 34.5. The summed E-state index contributed by atoms with van der Waals surface area (Å²) in [5.41, 5.74) is 0. The zero-order valence-electron chi connectivity index (χ0n) is 3.82. The van der Waals surface area contributed by atoms with Crippen LogP contribution < -0.4 is 64.2 Å². The van der Waals surface area contributed by atoms with Gasteiger partial charge < -0.3 is 5.11 Å². The summed E-state index contributed by atoms with van der Waals surface area (Å²) in [4.78, 5) is 0. The average molecular weight is 124 g/mol. The van der Waals surface area contributed by atoms with Crippen molar-refractivity contribution in [1.82, 2.24) is 0 Å². The first-order chi connectivity index (χ1) is 1.73. The molecule has 0 aliphatic carbocycles. The van der Waals surface area contributed by atoms with Crippen LogP contribution in [-0.4, -0.2) is 10.3 Å².